The molecule has 1 fully saturated rings. The smallest absolute Gasteiger partial charge is 0.390 e. The van der Waals surface area contributed by atoms with Crippen molar-refractivity contribution in [2.45, 2.75) is 24.7 Å². The van der Waals surface area contributed by atoms with E-state index in [2.05, 4.69) is 18.1 Å². The van der Waals surface area contributed by atoms with Gasteiger partial charge in [0.1, 0.15) is 6.10 Å². The van der Waals surface area contributed by atoms with Gasteiger partial charge in [-0.1, -0.05) is 0 Å². The number of ether oxygens (including phenoxy) is 1. The average molecular weight is 468 g/mol. The summed E-state index contributed by atoms with van der Waals surface area (Å²) in [5.74, 6) is 0. The highest BCUT2D eigenvalue weighted by Crippen LogP contribution is 2.66. The number of phosphoric acid groups is 3. The van der Waals surface area contributed by atoms with Crippen LogP contribution in [0.5, 0.6) is 0 Å². The van der Waals surface area contributed by atoms with Crippen molar-refractivity contribution in [1.82, 2.24) is 9.97 Å². The number of H-pyrrole nitrogens is 2. The number of hydrogen-bond acceptors (Lipinski definition) is 10. The van der Waals surface area contributed by atoms with Crippen LogP contribution >= 0.6 is 23.5 Å². The fourth-order valence-corrected chi connectivity index (χ4v) is 5.24. The normalized spacial score (nSPS) is 27.2. The molecule has 28 heavy (non-hydrogen) atoms. The Kier molecular flexibility index (Phi) is 6.99. The van der Waals surface area contributed by atoms with Gasteiger partial charge >= 0.3 is 29.2 Å². The average Bonchev–Trinajstić information content (AvgIpc) is 2.82. The first-order valence-corrected chi connectivity index (χ1v) is 11.6. The Morgan fingerprint density at radius 3 is 2.32 bits per heavy atom. The van der Waals surface area contributed by atoms with Gasteiger partial charge in [0.2, 0.25) is 0 Å². The maximum Gasteiger partial charge on any atom is 0.490 e. The lowest BCUT2D eigenvalue weighted by Crippen LogP contribution is -2.27. The third kappa shape index (κ3) is 6.81. The first-order chi connectivity index (χ1) is 12.7. The molecule has 1 aliphatic heterocycles. The van der Waals surface area contributed by atoms with E-state index in [1.54, 1.807) is 0 Å². The van der Waals surface area contributed by atoms with Gasteiger partial charge in [0.15, 0.2) is 0 Å². The van der Waals surface area contributed by atoms with E-state index in [9.17, 15) is 33.3 Å². The number of aromatic amines is 2. The van der Waals surface area contributed by atoms with E-state index in [-0.39, 0.29) is 12.0 Å². The molecule has 1 aliphatic rings. The van der Waals surface area contributed by atoms with E-state index in [4.69, 9.17) is 19.4 Å². The number of aromatic nitrogens is 2. The van der Waals surface area contributed by atoms with Crippen LogP contribution in [0.2, 0.25) is 0 Å². The molecule has 2 unspecified atom stereocenters. The van der Waals surface area contributed by atoms with Gasteiger partial charge in [0, 0.05) is 12.6 Å². The highest BCUT2D eigenvalue weighted by Gasteiger charge is 2.43. The summed E-state index contributed by atoms with van der Waals surface area (Å²) in [6.07, 6.45) is -2.70. The zero-order valence-electron chi connectivity index (χ0n) is 13.5. The summed E-state index contributed by atoms with van der Waals surface area (Å²) in [6.45, 7) is -0.872. The zero-order valence-corrected chi connectivity index (χ0v) is 16.2. The van der Waals surface area contributed by atoms with Crippen molar-refractivity contribution < 1.29 is 56.3 Å². The Bertz CT molecular complexity index is 965. The third-order valence-corrected chi connectivity index (χ3v) is 7.04. The fraction of sp³-hybridized carbons (Fsp3) is 0.556. The molecule has 0 spiro atoms. The molecular formula is C9H15N2O14P3. The number of aliphatic hydroxyl groups is 1. The van der Waals surface area contributed by atoms with Crippen LogP contribution in [0.4, 0.5) is 0 Å². The largest absolute Gasteiger partial charge is 0.490 e. The van der Waals surface area contributed by atoms with Gasteiger partial charge in [-0.3, -0.25) is 14.3 Å². The molecule has 0 bridgehead atoms. The van der Waals surface area contributed by atoms with Crippen LogP contribution in [0.15, 0.2) is 15.8 Å². The second-order valence-corrected chi connectivity index (χ2v) is 9.80. The van der Waals surface area contributed by atoms with Gasteiger partial charge in [0.05, 0.1) is 24.4 Å². The summed E-state index contributed by atoms with van der Waals surface area (Å²) < 4.78 is 50.1. The predicted octanol–water partition coefficient (Wildman–Crippen LogP) is -1.40. The number of phosphoric ester groups is 1. The van der Waals surface area contributed by atoms with Crippen LogP contribution in [0, 0.1) is 0 Å². The highest BCUT2D eigenvalue weighted by molar-refractivity contribution is 7.66. The number of rotatable bonds is 8. The minimum Gasteiger partial charge on any atom is -0.390 e. The minimum absolute atomic E-state index is 0.0421. The van der Waals surface area contributed by atoms with Crippen molar-refractivity contribution in [3.63, 3.8) is 0 Å². The van der Waals surface area contributed by atoms with Crippen LogP contribution in [0.25, 0.3) is 0 Å². The van der Waals surface area contributed by atoms with Crippen LogP contribution in [0.1, 0.15) is 18.1 Å². The number of hydrogen-bond donors (Lipinski definition) is 7. The van der Waals surface area contributed by atoms with Gasteiger partial charge < -0.3 is 34.4 Å². The maximum absolute atomic E-state index is 11.7. The molecule has 1 aromatic heterocycles. The van der Waals surface area contributed by atoms with E-state index in [1.807, 2.05) is 4.98 Å². The topological polar surface area (TPSA) is 255 Å². The lowest BCUT2D eigenvalue weighted by Gasteiger charge is -2.19. The van der Waals surface area contributed by atoms with Crippen molar-refractivity contribution in [1.29, 1.82) is 0 Å². The van der Waals surface area contributed by atoms with Crippen LogP contribution in [-0.2, 0) is 31.6 Å². The molecular weight excluding hydrogens is 453 g/mol. The second kappa shape index (κ2) is 8.40. The standard InChI is InChI=1S/C9H15N2O14P3/c12-5-1-6(4-2-10-9(14)11-8(4)13)23-7(5)3-22-27(18,19)25-28(20,21)24-26(15,16)17/h2,5-7,12H,1,3H2,(H,18,19)(H,20,21)(H2,15,16,17)(H2,10,11,13,14)/t5-,6+,7+/m0/s1. The summed E-state index contributed by atoms with van der Waals surface area (Å²) in [4.78, 5) is 62.1. The summed E-state index contributed by atoms with van der Waals surface area (Å²) in [6, 6.07) is 0. The van der Waals surface area contributed by atoms with E-state index in [0.717, 1.165) is 6.20 Å². The van der Waals surface area contributed by atoms with E-state index < -0.39 is 59.6 Å². The molecule has 7 N–H and O–H groups in total. The van der Waals surface area contributed by atoms with E-state index >= 15 is 0 Å². The molecule has 1 aromatic rings. The molecule has 160 valence electrons. The Hall–Kier alpha value is -0.990. The van der Waals surface area contributed by atoms with Crippen molar-refractivity contribution in [2.24, 2.45) is 0 Å². The molecule has 2 rings (SSSR count). The molecule has 5 atom stereocenters. The summed E-state index contributed by atoms with van der Waals surface area (Å²) in [5.41, 5.74) is -1.59. The van der Waals surface area contributed by atoms with Gasteiger partial charge in [-0.15, -0.1) is 0 Å². The van der Waals surface area contributed by atoms with E-state index in [1.165, 1.54) is 0 Å². The Labute approximate surface area is 154 Å². The van der Waals surface area contributed by atoms with Crippen molar-refractivity contribution in [2.75, 3.05) is 6.61 Å². The molecule has 0 saturated carbocycles. The lowest BCUT2D eigenvalue weighted by molar-refractivity contribution is -0.0224. The van der Waals surface area contributed by atoms with Gasteiger partial charge in [0.25, 0.3) is 5.56 Å². The molecule has 1 saturated heterocycles. The highest BCUT2D eigenvalue weighted by atomic mass is 31.3. The molecule has 0 radical (unpaired) electrons. The molecule has 2 heterocycles. The summed E-state index contributed by atoms with van der Waals surface area (Å²) in [5, 5.41) is 9.92. The van der Waals surface area contributed by atoms with Crippen molar-refractivity contribution in [3.8, 4) is 0 Å². The summed E-state index contributed by atoms with van der Waals surface area (Å²) >= 11 is 0. The van der Waals surface area contributed by atoms with Crippen molar-refractivity contribution >= 4 is 23.5 Å². The summed E-state index contributed by atoms with van der Waals surface area (Å²) in [7, 11) is -16.6. The predicted molar refractivity (Wildman–Crippen MR) is 85.7 cm³/mol. The molecule has 0 aliphatic carbocycles. The van der Waals surface area contributed by atoms with Gasteiger partial charge in [-0.05, 0) is 0 Å². The number of nitrogens with one attached hydrogen (secondary N) is 2. The van der Waals surface area contributed by atoms with Crippen LogP contribution in [0.3, 0.4) is 0 Å². The Balaban J connectivity index is 1.99. The number of aliphatic hydroxyl groups excluding tert-OH is 1. The molecule has 16 nitrogen and oxygen atoms in total. The second-order valence-electron chi connectivity index (χ2n) is 5.38. The third-order valence-electron chi connectivity index (χ3n) is 3.24. The lowest BCUT2D eigenvalue weighted by atomic mass is 10.1. The fourth-order valence-electron chi connectivity index (χ4n) is 2.21. The molecule has 19 heteroatoms. The zero-order chi connectivity index (χ0) is 21.3. The Morgan fingerprint density at radius 2 is 1.75 bits per heavy atom. The molecule has 0 aromatic carbocycles. The van der Waals surface area contributed by atoms with Crippen molar-refractivity contribution in [3.05, 3.63) is 32.6 Å². The van der Waals surface area contributed by atoms with Crippen LogP contribution in [-0.4, -0.2) is 53.5 Å². The maximum atomic E-state index is 11.7. The van der Waals surface area contributed by atoms with Crippen LogP contribution < -0.4 is 11.2 Å². The first kappa shape index (κ1) is 23.3. The first-order valence-electron chi connectivity index (χ1n) is 7.11. The Morgan fingerprint density at radius 1 is 1.11 bits per heavy atom. The van der Waals surface area contributed by atoms with E-state index in [0.29, 0.717) is 0 Å². The van der Waals surface area contributed by atoms with Gasteiger partial charge in [-0.2, -0.15) is 8.62 Å². The van der Waals surface area contributed by atoms with Gasteiger partial charge in [-0.25, -0.2) is 18.5 Å². The SMILES string of the molecule is O=c1[nH]cc([C@H]2C[C@H](O)[C@@H](COP(=O)(O)OP(=O)(O)OP(=O)(O)O)O2)c(=O)[nH]1. The monoisotopic (exact) mass is 468 g/mol. The minimum atomic E-state index is -5.67. The quantitative estimate of drug-likeness (QED) is 0.217. The molecule has 0 amide bonds.